The number of carbonyl (C=O) groups is 2. The minimum atomic E-state index is -3.87. The topological polar surface area (TPSA) is 96.0 Å². The number of hydrogen-bond acceptors (Lipinski definition) is 5. The Labute approximate surface area is 171 Å². The van der Waals surface area contributed by atoms with E-state index in [1.165, 1.54) is 14.1 Å². The zero-order valence-corrected chi connectivity index (χ0v) is 17.7. The van der Waals surface area contributed by atoms with E-state index in [2.05, 4.69) is 5.32 Å². The number of rotatable bonds is 8. The van der Waals surface area contributed by atoms with Crippen LogP contribution < -0.4 is 9.62 Å². The van der Waals surface area contributed by atoms with Crippen molar-refractivity contribution in [1.29, 1.82) is 0 Å². The van der Waals surface area contributed by atoms with Crippen molar-refractivity contribution < 1.29 is 22.7 Å². The van der Waals surface area contributed by atoms with Crippen molar-refractivity contribution >= 4 is 33.5 Å². The minimum Gasteiger partial charge on any atom is -0.462 e. The molecule has 29 heavy (non-hydrogen) atoms. The molecular weight excluding hydrogens is 394 g/mol. The molecule has 9 heteroatoms. The van der Waals surface area contributed by atoms with Gasteiger partial charge in [0.2, 0.25) is 5.91 Å². The van der Waals surface area contributed by atoms with Crippen molar-refractivity contribution in [1.82, 2.24) is 4.31 Å². The summed E-state index contributed by atoms with van der Waals surface area (Å²) in [6.07, 6.45) is 0. The van der Waals surface area contributed by atoms with E-state index >= 15 is 0 Å². The highest BCUT2D eigenvalue weighted by atomic mass is 32.2. The second-order valence-corrected chi connectivity index (χ2v) is 8.50. The summed E-state index contributed by atoms with van der Waals surface area (Å²) < 4.78 is 32.4. The van der Waals surface area contributed by atoms with Crippen molar-refractivity contribution in [3.63, 3.8) is 0 Å². The summed E-state index contributed by atoms with van der Waals surface area (Å²) in [4.78, 5) is 24.4. The molecule has 0 fully saturated rings. The van der Waals surface area contributed by atoms with Crippen molar-refractivity contribution in [2.24, 2.45) is 0 Å². The van der Waals surface area contributed by atoms with Crippen LogP contribution in [0.2, 0.25) is 0 Å². The first kappa shape index (κ1) is 22.4. The van der Waals surface area contributed by atoms with Crippen LogP contribution in [-0.4, -0.2) is 51.8 Å². The summed E-state index contributed by atoms with van der Waals surface area (Å²) in [5.41, 5.74) is 1.90. The van der Waals surface area contributed by atoms with Gasteiger partial charge in [0.25, 0.3) is 0 Å². The van der Waals surface area contributed by atoms with Crippen LogP contribution in [0.4, 0.5) is 11.4 Å². The third-order valence-electron chi connectivity index (χ3n) is 4.08. The lowest BCUT2D eigenvalue weighted by molar-refractivity contribution is -0.114. The smallest absolute Gasteiger partial charge is 0.338 e. The monoisotopic (exact) mass is 419 g/mol. The Kier molecular flexibility index (Phi) is 7.35. The first-order chi connectivity index (χ1) is 13.7. The number of nitrogens with zero attached hydrogens (tertiary/aromatic N) is 2. The van der Waals surface area contributed by atoms with Crippen molar-refractivity contribution in [2.75, 3.05) is 36.9 Å². The molecule has 1 amide bonds. The van der Waals surface area contributed by atoms with Gasteiger partial charge in [-0.05, 0) is 49.7 Å². The molecule has 2 aromatic rings. The Hall–Kier alpha value is -2.91. The number of para-hydroxylation sites is 1. The maximum Gasteiger partial charge on any atom is 0.338 e. The molecular formula is C20H25N3O5S. The van der Waals surface area contributed by atoms with Crippen LogP contribution in [0.1, 0.15) is 22.8 Å². The van der Waals surface area contributed by atoms with Gasteiger partial charge in [-0.25, -0.2) is 9.10 Å². The van der Waals surface area contributed by atoms with E-state index in [9.17, 15) is 18.0 Å². The highest BCUT2D eigenvalue weighted by Crippen LogP contribution is 2.21. The lowest BCUT2D eigenvalue weighted by Gasteiger charge is -2.27. The van der Waals surface area contributed by atoms with Gasteiger partial charge in [-0.1, -0.05) is 18.2 Å². The van der Waals surface area contributed by atoms with Crippen molar-refractivity contribution in [3.8, 4) is 0 Å². The fourth-order valence-electron chi connectivity index (χ4n) is 2.56. The van der Waals surface area contributed by atoms with Gasteiger partial charge in [-0.15, -0.1) is 0 Å². The van der Waals surface area contributed by atoms with E-state index < -0.39 is 28.6 Å². The number of anilines is 2. The number of hydrogen-bond donors (Lipinski definition) is 1. The fourth-order valence-corrected chi connectivity index (χ4v) is 3.63. The van der Waals surface area contributed by atoms with Crippen LogP contribution in [0.5, 0.6) is 0 Å². The molecule has 0 aromatic heterocycles. The molecule has 0 spiro atoms. The molecule has 2 rings (SSSR count). The molecule has 0 aliphatic carbocycles. The summed E-state index contributed by atoms with van der Waals surface area (Å²) >= 11 is 0. The standard InChI is InChI=1S/C20H25N3O5S/c1-5-28-20(25)16-11-12-18(15(2)13-16)21-19(24)14-23(29(26,27)22(3)4)17-9-7-6-8-10-17/h6-13H,5,14H2,1-4H3,(H,21,24). The quantitative estimate of drug-likeness (QED) is 0.663. The lowest BCUT2D eigenvalue weighted by atomic mass is 10.1. The second-order valence-electron chi connectivity index (χ2n) is 6.43. The number of amides is 1. The Morgan fingerprint density at radius 1 is 1.07 bits per heavy atom. The van der Waals surface area contributed by atoms with Crippen LogP contribution in [0.3, 0.4) is 0 Å². The van der Waals surface area contributed by atoms with E-state index in [-0.39, 0.29) is 6.61 Å². The third-order valence-corrected chi connectivity index (χ3v) is 5.90. The van der Waals surface area contributed by atoms with Crippen LogP contribution in [-0.2, 0) is 19.7 Å². The third kappa shape index (κ3) is 5.55. The Bertz CT molecular complexity index is 975. The summed E-state index contributed by atoms with van der Waals surface area (Å²) in [5.74, 6) is -0.952. The van der Waals surface area contributed by atoms with Gasteiger partial charge in [0.05, 0.1) is 17.9 Å². The van der Waals surface area contributed by atoms with Gasteiger partial charge in [-0.2, -0.15) is 12.7 Å². The average molecular weight is 420 g/mol. The number of nitrogens with one attached hydrogen (secondary N) is 1. The minimum absolute atomic E-state index is 0.270. The second kappa shape index (κ2) is 9.53. The van der Waals surface area contributed by atoms with E-state index in [0.717, 1.165) is 8.61 Å². The Morgan fingerprint density at radius 2 is 1.72 bits per heavy atom. The highest BCUT2D eigenvalue weighted by molar-refractivity contribution is 7.90. The van der Waals surface area contributed by atoms with Crippen LogP contribution in [0, 0.1) is 6.92 Å². The summed E-state index contributed by atoms with van der Waals surface area (Å²) in [7, 11) is -1.06. The maximum absolute atomic E-state index is 12.7. The molecule has 0 bridgehead atoms. The lowest BCUT2D eigenvalue weighted by Crippen LogP contribution is -2.44. The van der Waals surface area contributed by atoms with E-state index in [4.69, 9.17) is 4.74 Å². The van der Waals surface area contributed by atoms with Gasteiger partial charge >= 0.3 is 16.2 Å². The van der Waals surface area contributed by atoms with E-state index in [1.807, 2.05) is 0 Å². The largest absolute Gasteiger partial charge is 0.462 e. The van der Waals surface area contributed by atoms with Crippen LogP contribution >= 0.6 is 0 Å². The van der Waals surface area contributed by atoms with Crippen molar-refractivity contribution in [3.05, 3.63) is 59.7 Å². The number of esters is 1. The first-order valence-electron chi connectivity index (χ1n) is 8.99. The maximum atomic E-state index is 12.7. The van der Waals surface area contributed by atoms with Gasteiger partial charge in [0.15, 0.2) is 0 Å². The van der Waals surface area contributed by atoms with Gasteiger partial charge in [0.1, 0.15) is 6.54 Å². The van der Waals surface area contributed by atoms with E-state index in [1.54, 1.807) is 62.4 Å². The van der Waals surface area contributed by atoms with E-state index in [0.29, 0.717) is 22.5 Å². The molecule has 0 aliphatic heterocycles. The fraction of sp³-hybridized carbons (Fsp3) is 0.300. The molecule has 0 aliphatic rings. The summed E-state index contributed by atoms with van der Waals surface area (Å²) in [5, 5.41) is 2.70. The molecule has 0 atom stereocenters. The Morgan fingerprint density at radius 3 is 2.28 bits per heavy atom. The molecule has 2 aromatic carbocycles. The number of aryl methyl sites for hydroxylation is 1. The molecule has 0 radical (unpaired) electrons. The molecule has 0 saturated carbocycles. The normalized spacial score (nSPS) is 11.2. The number of carbonyl (C=O) groups excluding carboxylic acids is 2. The Balaban J connectivity index is 2.22. The van der Waals surface area contributed by atoms with Crippen molar-refractivity contribution in [2.45, 2.75) is 13.8 Å². The zero-order valence-electron chi connectivity index (χ0n) is 16.9. The summed E-state index contributed by atoms with van der Waals surface area (Å²) in [6, 6.07) is 13.1. The van der Waals surface area contributed by atoms with Gasteiger partial charge in [0, 0.05) is 19.8 Å². The molecule has 1 N–H and O–H groups in total. The van der Waals surface area contributed by atoms with Gasteiger partial charge in [-0.3, -0.25) is 4.79 Å². The van der Waals surface area contributed by atoms with Crippen LogP contribution in [0.25, 0.3) is 0 Å². The first-order valence-corrected chi connectivity index (χ1v) is 10.4. The predicted octanol–water partition coefficient (Wildman–Crippen LogP) is 2.42. The molecule has 8 nitrogen and oxygen atoms in total. The number of ether oxygens (including phenoxy) is 1. The average Bonchev–Trinajstić information content (AvgIpc) is 2.68. The predicted molar refractivity (Wildman–Crippen MR) is 112 cm³/mol. The van der Waals surface area contributed by atoms with Gasteiger partial charge < -0.3 is 10.1 Å². The molecule has 0 unspecified atom stereocenters. The molecule has 0 heterocycles. The SMILES string of the molecule is CCOC(=O)c1ccc(NC(=O)CN(c2ccccc2)S(=O)(=O)N(C)C)c(C)c1. The molecule has 0 saturated heterocycles. The highest BCUT2D eigenvalue weighted by Gasteiger charge is 2.27. The summed E-state index contributed by atoms with van der Waals surface area (Å²) in [6.45, 7) is 3.33. The number of benzene rings is 2. The molecule has 156 valence electrons. The zero-order chi connectivity index (χ0) is 21.6. The van der Waals surface area contributed by atoms with Crippen LogP contribution in [0.15, 0.2) is 48.5 Å².